The Kier molecular flexibility index (Phi) is 3.54. The number of rotatable bonds is 4. The molecular formula is C9H8N5O4P3. The number of imidazole rings is 1. The molecule has 1 atom stereocenters. The van der Waals surface area contributed by atoms with E-state index in [9.17, 15) is 13.7 Å². The zero-order valence-electron chi connectivity index (χ0n) is 10.4. The average molecular weight is 343 g/mol. The molecule has 0 aromatic carbocycles. The first-order chi connectivity index (χ1) is 10.1. The molecule has 0 bridgehead atoms. The minimum absolute atomic E-state index is 0.152. The second-order valence-corrected chi connectivity index (χ2v) is 7.38. The fraction of sp³-hybridized carbons (Fsp3) is 0.444. The van der Waals surface area contributed by atoms with E-state index >= 15 is 0 Å². The number of hydrogen-bond donors (Lipinski definition) is 1. The SMILES string of the molecule is Nc1ncnc2c1ncn2C1(P=O)OCCC1(P=O)P=O. The van der Waals surface area contributed by atoms with Gasteiger partial charge in [-0.15, -0.1) is 0 Å². The van der Waals surface area contributed by atoms with Gasteiger partial charge in [0, 0.05) is 6.42 Å². The van der Waals surface area contributed by atoms with E-state index in [2.05, 4.69) is 15.0 Å². The molecule has 0 saturated carbocycles. The van der Waals surface area contributed by atoms with Gasteiger partial charge in [0.05, 0.1) is 6.61 Å². The van der Waals surface area contributed by atoms with Gasteiger partial charge in [0.25, 0.3) is 5.47 Å². The molecule has 1 aliphatic rings. The molecule has 108 valence electrons. The maximum Gasteiger partial charge on any atom is 0.257 e. The van der Waals surface area contributed by atoms with Crippen LogP contribution in [0, 0.1) is 0 Å². The predicted octanol–water partition coefficient (Wildman–Crippen LogP) is 2.01. The fourth-order valence-corrected chi connectivity index (χ4v) is 4.53. The van der Waals surface area contributed by atoms with Crippen molar-refractivity contribution in [3.63, 3.8) is 0 Å². The third-order valence-electron chi connectivity index (χ3n) is 3.39. The highest BCUT2D eigenvalue weighted by Gasteiger charge is 2.63. The summed E-state index contributed by atoms with van der Waals surface area (Å²) in [5.74, 6) is 0.152. The zero-order chi connectivity index (χ0) is 15.1. The molecular weight excluding hydrogens is 335 g/mol. The topological polar surface area (TPSA) is 130 Å². The summed E-state index contributed by atoms with van der Waals surface area (Å²) in [5.41, 5.74) is 4.65. The van der Waals surface area contributed by atoms with Crippen molar-refractivity contribution < 1.29 is 18.4 Å². The Bertz CT molecular complexity index is 744. The summed E-state index contributed by atoms with van der Waals surface area (Å²) >= 11 is 0. The number of nitrogens with zero attached hydrogens (tertiary/aromatic N) is 4. The Labute approximate surface area is 122 Å². The summed E-state index contributed by atoms with van der Waals surface area (Å²) in [5, 5.41) is 0. The summed E-state index contributed by atoms with van der Waals surface area (Å²) in [6.45, 7) is 0.153. The number of fused-ring (bicyclic) bond motifs is 1. The number of anilines is 1. The highest BCUT2D eigenvalue weighted by atomic mass is 31.1. The molecule has 21 heavy (non-hydrogen) atoms. The molecule has 2 N–H and O–H groups in total. The van der Waals surface area contributed by atoms with Crippen LogP contribution in [0.15, 0.2) is 12.7 Å². The third kappa shape index (κ3) is 1.79. The molecule has 0 spiro atoms. The fourth-order valence-electron chi connectivity index (χ4n) is 2.32. The first-order valence-corrected chi connectivity index (χ1v) is 8.19. The number of hydrogen-bond acceptors (Lipinski definition) is 8. The Balaban J connectivity index is 2.32. The Morgan fingerprint density at radius 2 is 1.95 bits per heavy atom. The molecule has 0 aliphatic carbocycles. The van der Waals surface area contributed by atoms with Crippen molar-refractivity contribution in [2.75, 3.05) is 12.3 Å². The van der Waals surface area contributed by atoms with E-state index in [0.29, 0.717) is 5.52 Å². The summed E-state index contributed by atoms with van der Waals surface area (Å²) in [4.78, 5) is 10.5. The smallest absolute Gasteiger partial charge is 0.257 e. The van der Waals surface area contributed by atoms with E-state index in [4.69, 9.17) is 10.5 Å². The normalized spacial score (nSPS) is 29.7. The van der Waals surface area contributed by atoms with Gasteiger partial charge >= 0.3 is 0 Å². The van der Waals surface area contributed by atoms with Gasteiger partial charge in [-0.2, -0.15) is 0 Å². The van der Waals surface area contributed by atoms with Crippen molar-refractivity contribution in [2.24, 2.45) is 0 Å². The van der Waals surface area contributed by atoms with Crippen LogP contribution in [-0.4, -0.2) is 31.0 Å². The Morgan fingerprint density at radius 3 is 2.62 bits per heavy atom. The van der Waals surface area contributed by atoms with Gasteiger partial charge in [0.2, 0.25) is 8.46 Å². The van der Waals surface area contributed by atoms with E-state index < -0.39 is 35.7 Å². The minimum atomic E-state index is -1.63. The standard InChI is InChI=1S/C9H8N5O4P3/c10-6-5-7(12-3-11-6)14(4-13-5)9(21-17)8(19-15,20-16)1-2-18-9/h3-4H,1-2H2,(H2,10,11,12). The number of aromatic nitrogens is 4. The molecule has 12 heteroatoms. The largest absolute Gasteiger partial charge is 0.382 e. The third-order valence-corrected chi connectivity index (χ3v) is 6.86. The molecule has 1 fully saturated rings. The summed E-state index contributed by atoms with van der Waals surface area (Å²) in [7, 11) is -1.40. The van der Waals surface area contributed by atoms with Gasteiger partial charge in [-0.1, -0.05) is 0 Å². The highest BCUT2D eigenvalue weighted by molar-refractivity contribution is 7.48. The molecule has 0 radical (unpaired) electrons. The number of nitrogens with two attached hydrogens (primary N) is 1. The lowest BCUT2D eigenvalue weighted by molar-refractivity contribution is 0.0156. The predicted molar refractivity (Wildman–Crippen MR) is 73.8 cm³/mol. The Hall–Kier alpha value is -1.39. The number of nitrogen functional groups attached to an aromatic ring is 1. The van der Waals surface area contributed by atoms with Crippen molar-refractivity contribution >= 4 is 42.4 Å². The molecule has 2 aromatic heterocycles. The van der Waals surface area contributed by atoms with Crippen molar-refractivity contribution in [3.05, 3.63) is 12.7 Å². The molecule has 1 saturated heterocycles. The van der Waals surface area contributed by atoms with E-state index in [0.717, 1.165) is 0 Å². The van der Waals surface area contributed by atoms with Crippen LogP contribution in [0.4, 0.5) is 5.82 Å². The maximum absolute atomic E-state index is 11.9. The van der Waals surface area contributed by atoms with Crippen LogP contribution in [0.5, 0.6) is 0 Å². The van der Waals surface area contributed by atoms with Crippen LogP contribution in [0.25, 0.3) is 11.2 Å². The molecule has 3 rings (SSSR count). The Morgan fingerprint density at radius 1 is 1.19 bits per heavy atom. The van der Waals surface area contributed by atoms with Crippen molar-refractivity contribution in [1.82, 2.24) is 19.5 Å². The van der Waals surface area contributed by atoms with Gasteiger partial charge in [-0.25, -0.2) is 15.0 Å². The minimum Gasteiger partial charge on any atom is -0.382 e. The average Bonchev–Trinajstić information content (AvgIpc) is 3.09. The van der Waals surface area contributed by atoms with E-state index in [1.165, 1.54) is 17.2 Å². The first-order valence-electron chi connectivity index (χ1n) is 5.75. The summed E-state index contributed by atoms with van der Waals surface area (Å²) < 4.78 is 42.0. The molecule has 2 aromatic rings. The molecule has 1 unspecified atom stereocenters. The second-order valence-electron chi connectivity index (χ2n) is 4.34. The van der Waals surface area contributed by atoms with E-state index in [1.54, 1.807) is 0 Å². The zero-order valence-corrected chi connectivity index (χ0v) is 13.1. The van der Waals surface area contributed by atoms with Gasteiger partial charge in [-0.05, 0) is 0 Å². The van der Waals surface area contributed by atoms with Gasteiger partial charge in [-0.3, -0.25) is 18.3 Å². The van der Waals surface area contributed by atoms with Crippen LogP contribution in [0.3, 0.4) is 0 Å². The van der Waals surface area contributed by atoms with Crippen LogP contribution in [-0.2, 0) is 23.9 Å². The molecule has 9 nitrogen and oxygen atoms in total. The monoisotopic (exact) mass is 343 g/mol. The van der Waals surface area contributed by atoms with Crippen molar-refractivity contribution in [2.45, 2.75) is 16.8 Å². The lowest BCUT2D eigenvalue weighted by Crippen LogP contribution is -2.40. The van der Waals surface area contributed by atoms with E-state index in [1.807, 2.05) is 0 Å². The van der Waals surface area contributed by atoms with Gasteiger partial charge in [0.1, 0.15) is 18.2 Å². The lowest BCUT2D eigenvalue weighted by Gasteiger charge is -2.30. The first kappa shape index (κ1) is 14.5. The molecule has 3 heterocycles. The maximum atomic E-state index is 11.9. The van der Waals surface area contributed by atoms with Crippen molar-refractivity contribution in [3.8, 4) is 0 Å². The number of ether oxygens (including phenoxy) is 1. The van der Waals surface area contributed by atoms with Crippen LogP contribution >= 0.6 is 25.4 Å². The second kappa shape index (κ2) is 5.11. The highest BCUT2D eigenvalue weighted by Crippen LogP contribution is 2.60. The molecule has 0 amide bonds. The van der Waals surface area contributed by atoms with Gasteiger partial charge in [0.15, 0.2) is 33.3 Å². The molecule has 1 aliphatic heterocycles. The quantitative estimate of drug-likeness (QED) is 0.834. The lowest BCUT2D eigenvalue weighted by atomic mass is 10.3. The van der Waals surface area contributed by atoms with Crippen molar-refractivity contribution in [1.29, 1.82) is 0 Å². The summed E-state index contributed by atoms with van der Waals surface area (Å²) in [6.07, 6.45) is 2.75. The van der Waals surface area contributed by atoms with Crippen LogP contribution < -0.4 is 5.73 Å². The van der Waals surface area contributed by atoms with E-state index in [-0.39, 0.29) is 24.5 Å². The summed E-state index contributed by atoms with van der Waals surface area (Å²) in [6, 6.07) is 0. The van der Waals surface area contributed by atoms with Gasteiger partial charge < -0.3 is 10.5 Å². The van der Waals surface area contributed by atoms with Crippen LogP contribution in [0.2, 0.25) is 0 Å². The van der Waals surface area contributed by atoms with Crippen LogP contribution in [0.1, 0.15) is 6.42 Å².